The third kappa shape index (κ3) is 2.42. The van der Waals surface area contributed by atoms with Crippen molar-refractivity contribution in [2.45, 2.75) is 44.7 Å². The number of rotatable bonds is 3. The summed E-state index contributed by atoms with van der Waals surface area (Å²) in [5, 5.41) is 4.33. The van der Waals surface area contributed by atoms with Gasteiger partial charge in [0.15, 0.2) is 5.65 Å². The second-order valence-electron chi connectivity index (χ2n) is 5.46. The van der Waals surface area contributed by atoms with Gasteiger partial charge >= 0.3 is 5.69 Å². The van der Waals surface area contributed by atoms with Crippen LogP contribution >= 0.6 is 0 Å². The molecule has 2 aromatic heterocycles. The van der Waals surface area contributed by atoms with Crippen LogP contribution in [-0.4, -0.2) is 20.2 Å². The highest BCUT2D eigenvalue weighted by Crippen LogP contribution is 2.25. The van der Waals surface area contributed by atoms with Gasteiger partial charge in [-0.2, -0.15) is 0 Å². The molecule has 0 aliphatic heterocycles. The average molecular weight is 260 g/mol. The van der Waals surface area contributed by atoms with Crippen molar-refractivity contribution >= 4 is 5.65 Å². The minimum absolute atomic E-state index is 0.0305. The third-order valence-electron chi connectivity index (χ3n) is 4.13. The first-order chi connectivity index (χ1) is 9.25. The Labute approximate surface area is 112 Å². The summed E-state index contributed by atoms with van der Waals surface area (Å²) in [7, 11) is 0. The van der Waals surface area contributed by atoms with Gasteiger partial charge in [0.1, 0.15) is 0 Å². The molecule has 1 atom stereocenters. The van der Waals surface area contributed by atoms with Crippen molar-refractivity contribution < 1.29 is 0 Å². The second kappa shape index (κ2) is 5.17. The van der Waals surface area contributed by atoms with Crippen molar-refractivity contribution in [1.29, 1.82) is 0 Å². The smallest absolute Gasteiger partial charge is 0.326 e. The van der Waals surface area contributed by atoms with E-state index in [1.54, 1.807) is 10.6 Å². The monoisotopic (exact) mass is 260 g/mol. The van der Waals surface area contributed by atoms with Crippen molar-refractivity contribution in [3.05, 3.63) is 34.9 Å². The Bertz CT molecular complexity index is 609. The van der Waals surface area contributed by atoms with Crippen LogP contribution in [0.3, 0.4) is 0 Å². The molecule has 1 saturated carbocycles. The van der Waals surface area contributed by atoms with E-state index in [0.717, 1.165) is 0 Å². The molecule has 5 nitrogen and oxygen atoms in total. The summed E-state index contributed by atoms with van der Waals surface area (Å²) in [6, 6.07) is 5.58. The first-order valence-corrected chi connectivity index (χ1v) is 7.05. The molecule has 1 aliphatic rings. The predicted molar refractivity (Wildman–Crippen MR) is 74.0 cm³/mol. The molecule has 102 valence electrons. The molecule has 1 unspecified atom stereocenters. The van der Waals surface area contributed by atoms with Crippen LogP contribution < -0.4 is 11.4 Å². The van der Waals surface area contributed by atoms with Crippen LogP contribution in [0, 0.1) is 5.92 Å². The third-order valence-corrected chi connectivity index (χ3v) is 4.13. The molecule has 0 aromatic carbocycles. The Morgan fingerprint density at radius 2 is 2.11 bits per heavy atom. The minimum atomic E-state index is -0.0955. The first-order valence-electron chi connectivity index (χ1n) is 7.05. The van der Waals surface area contributed by atoms with Gasteiger partial charge in [-0.25, -0.2) is 9.48 Å². The molecule has 0 saturated heterocycles. The lowest BCUT2D eigenvalue weighted by Gasteiger charge is -2.26. The number of nitrogens with zero attached hydrogens (tertiary/aromatic N) is 3. The van der Waals surface area contributed by atoms with Gasteiger partial charge in [-0.15, -0.1) is 5.10 Å². The fourth-order valence-electron chi connectivity index (χ4n) is 3.00. The van der Waals surface area contributed by atoms with Crippen molar-refractivity contribution in [2.75, 3.05) is 0 Å². The number of nitrogens with two attached hydrogens (primary N) is 1. The predicted octanol–water partition coefficient (Wildman–Crippen LogP) is 1.40. The van der Waals surface area contributed by atoms with Crippen LogP contribution in [0.1, 0.15) is 32.1 Å². The molecular formula is C14H20N4O. The highest BCUT2D eigenvalue weighted by Gasteiger charge is 2.22. The molecule has 0 radical (unpaired) electrons. The van der Waals surface area contributed by atoms with E-state index in [2.05, 4.69) is 5.10 Å². The zero-order valence-corrected chi connectivity index (χ0v) is 11.0. The minimum Gasteiger partial charge on any atom is -0.326 e. The number of hydrogen-bond donors (Lipinski definition) is 1. The van der Waals surface area contributed by atoms with Gasteiger partial charge in [0.25, 0.3) is 0 Å². The van der Waals surface area contributed by atoms with Gasteiger partial charge in [0, 0.05) is 12.2 Å². The van der Waals surface area contributed by atoms with Crippen LogP contribution in [-0.2, 0) is 6.54 Å². The lowest BCUT2D eigenvalue weighted by molar-refractivity contribution is 0.278. The fourth-order valence-corrected chi connectivity index (χ4v) is 3.00. The zero-order chi connectivity index (χ0) is 13.2. The van der Waals surface area contributed by atoms with Crippen LogP contribution in [0.4, 0.5) is 0 Å². The molecule has 0 amide bonds. The molecule has 2 aromatic rings. The van der Waals surface area contributed by atoms with E-state index in [0.29, 0.717) is 18.1 Å². The molecule has 0 spiro atoms. The number of hydrogen-bond acceptors (Lipinski definition) is 3. The van der Waals surface area contributed by atoms with Gasteiger partial charge in [0.2, 0.25) is 0 Å². The van der Waals surface area contributed by atoms with E-state index in [9.17, 15) is 4.79 Å². The topological polar surface area (TPSA) is 65.3 Å². The summed E-state index contributed by atoms with van der Waals surface area (Å²) in [5.74, 6) is 0.533. The number of aromatic nitrogens is 3. The molecule has 5 heteroatoms. The lowest BCUT2D eigenvalue weighted by atomic mass is 9.84. The van der Waals surface area contributed by atoms with E-state index >= 15 is 0 Å². The summed E-state index contributed by atoms with van der Waals surface area (Å²) in [6.07, 6.45) is 7.95. The zero-order valence-electron chi connectivity index (χ0n) is 11.0. The molecule has 19 heavy (non-hydrogen) atoms. The molecule has 1 aliphatic carbocycles. The Morgan fingerprint density at radius 1 is 1.32 bits per heavy atom. The van der Waals surface area contributed by atoms with Gasteiger partial charge in [-0.1, -0.05) is 25.3 Å². The van der Waals surface area contributed by atoms with E-state index < -0.39 is 0 Å². The van der Waals surface area contributed by atoms with E-state index in [1.807, 2.05) is 18.2 Å². The molecule has 2 N–H and O–H groups in total. The Balaban J connectivity index is 1.81. The summed E-state index contributed by atoms with van der Waals surface area (Å²) in [6.45, 7) is 0.519. The number of fused-ring (bicyclic) bond motifs is 1. The maximum atomic E-state index is 12.2. The van der Waals surface area contributed by atoms with E-state index in [4.69, 9.17) is 5.73 Å². The van der Waals surface area contributed by atoms with Crippen molar-refractivity contribution in [1.82, 2.24) is 14.2 Å². The SMILES string of the molecule is NC(Cn1nc2ccccn2c1=O)C1CCCCC1. The first kappa shape index (κ1) is 12.4. The highest BCUT2D eigenvalue weighted by atomic mass is 16.2. The van der Waals surface area contributed by atoms with Crippen molar-refractivity contribution in [3.8, 4) is 0 Å². The molecule has 2 heterocycles. The van der Waals surface area contributed by atoms with Gasteiger partial charge in [0.05, 0.1) is 6.54 Å². The van der Waals surface area contributed by atoms with Crippen LogP contribution in [0.25, 0.3) is 5.65 Å². The van der Waals surface area contributed by atoms with Crippen molar-refractivity contribution in [2.24, 2.45) is 11.7 Å². The van der Waals surface area contributed by atoms with E-state index in [1.165, 1.54) is 36.8 Å². The van der Waals surface area contributed by atoms with Crippen molar-refractivity contribution in [3.63, 3.8) is 0 Å². The highest BCUT2D eigenvalue weighted by molar-refractivity contribution is 5.35. The maximum absolute atomic E-state index is 12.2. The number of pyridine rings is 1. The van der Waals surface area contributed by atoms with Gasteiger partial charge in [-0.3, -0.25) is 4.40 Å². The second-order valence-corrected chi connectivity index (χ2v) is 5.46. The molecular weight excluding hydrogens is 240 g/mol. The summed E-state index contributed by atoms with van der Waals surface area (Å²) >= 11 is 0. The Kier molecular flexibility index (Phi) is 3.38. The lowest BCUT2D eigenvalue weighted by Crippen LogP contribution is -2.38. The molecule has 1 fully saturated rings. The summed E-state index contributed by atoms with van der Waals surface area (Å²) < 4.78 is 3.07. The molecule has 3 rings (SSSR count). The van der Waals surface area contributed by atoms with Crippen LogP contribution in [0.15, 0.2) is 29.2 Å². The summed E-state index contributed by atoms with van der Waals surface area (Å²) in [5.41, 5.74) is 6.85. The normalized spacial score (nSPS) is 18.8. The fraction of sp³-hybridized carbons (Fsp3) is 0.571. The van der Waals surface area contributed by atoms with Crippen LogP contribution in [0.2, 0.25) is 0 Å². The maximum Gasteiger partial charge on any atom is 0.350 e. The van der Waals surface area contributed by atoms with E-state index in [-0.39, 0.29) is 11.7 Å². The summed E-state index contributed by atoms with van der Waals surface area (Å²) in [4.78, 5) is 12.2. The van der Waals surface area contributed by atoms with Crippen LogP contribution in [0.5, 0.6) is 0 Å². The van der Waals surface area contributed by atoms with Gasteiger partial charge in [-0.05, 0) is 30.9 Å². The quantitative estimate of drug-likeness (QED) is 0.907. The van der Waals surface area contributed by atoms with Gasteiger partial charge < -0.3 is 5.73 Å². The molecule has 0 bridgehead atoms. The standard InChI is InChI=1S/C14H20N4O/c15-12(11-6-2-1-3-7-11)10-18-14(19)17-9-5-4-8-13(17)16-18/h4-5,8-9,11-12H,1-3,6-7,10,15H2. The Hall–Kier alpha value is -1.62. The largest absolute Gasteiger partial charge is 0.350 e. The average Bonchev–Trinajstić information content (AvgIpc) is 2.77. The Morgan fingerprint density at radius 3 is 2.84 bits per heavy atom.